The number of alkyl halides is 1. The predicted octanol–water partition coefficient (Wildman–Crippen LogP) is 4.75. The molecule has 1 spiro atoms. The number of rotatable bonds is 8. The summed E-state index contributed by atoms with van der Waals surface area (Å²) in [5.74, 6) is -1.96. The number of nitrogens with zero attached hydrogens (tertiary/aromatic N) is 1. The second-order valence-electron chi connectivity index (χ2n) is 11.2. The number of aryl methyl sites for hydroxylation is 2. The second-order valence-corrected chi connectivity index (χ2v) is 13.9. The highest BCUT2D eigenvalue weighted by Crippen LogP contribution is 2.68. The number of para-hydroxylation sites is 1. The van der Waals surface area contributed by atoms with Crippen molar-refractivity contribution in [2.24, 2.45) is 17.8 Å². The zero-order valence-corrected chi connectivity index (χ0v) is 25.1. The molecule has 3 aliphatic rings. The number of benzene rings is 2. The van der Waals surface area contributed by atoms with Crippen molar-refractivity contribution in [2.75, 3.05) is 17.2 Å². The number of carbonyl (C=O) groups excluding carboxylic acids is 3. The molecule has 3 saturated heterocycles. The molecule has 3 unspecified atom stereocenters. The van der Waals surface area contributed by atoms with Crippen LogP contribution in [0.2, 0.25) is 0 Å². The summed E-state index contributed by atoms with van der Waals surface area (Å²) in [7, 11) is 0. The van der Waals surface area contributed by atoms with E-state index in [0.29, 0.717) is 17.8 Å². The van der Waals surface area contributed by atoms with E-state index in [1.54, 1.807) is 16.7 Å². The quantitative estimate of drug-likeness (QED) is 0.373. The summed E-state index contributed by atoms with van der Waals surface area (Å²) in [5, 5.41) is 16.5. The van der Waals surface area contributed by atoms with E-state index in [9.17, 15) is 19.5 Å². The fraction of sp³-hybridized carbons (Fsp3) is 0.500. The Hall–Kier alpha value is -2.36. The third kappa shape index (κ3) is 4.70. The number of hydrogen-bond acceptors (Lipinski definition) is 5. The number of thioether (sulfide) groups is 1. The van der Waals surface area contributed by atoms with Gasteiger partial charge in [0.2, 0.25) is 17.7 Å². The van der Waals surface area contributed by atoms with E-state index in [-0.39, 0.29) is 40.3 Å². The molecule has 0 aliphatic carbocycles. The predicted molar refractivity (Wildman–Crippen MR) is 159 cm³/mol. The van der Waals surface area contributed by atoms with Crippen LogP contribution < -0.4 is 10.6 Å². The van der Waals surface area contributed by atoms with Crippen LogP contribution in [0.3, 0.4) is 0 Å². The van der Waals surface area contributed by atoms with Crippen molar-refractivity contribution >= 4 is 56.8 Å². The van der Waals surface area contributed by atoms with Gasteiger partial charge in [0, 0.05) is 21.5 Å². The first-order chi connectivity index (χ1) is 18.6. The Bertz CT molecular complexity index is 1280. The largest absolute Gasteiger partial charge is 0.394 e. The molecule has 3 amide bonds. The summed E-state index contributed by atoms with van der Waals surface area (Å²) in [5.41, 5.74) is 3.34. The lowest BCUT2D eigenvalue weighted by atomic mass is 9.70. The number of halogens is 1. The van der Waals surface area contributed by atoms with Crippen molar-refractivity contribution in [1.29, 1.82) is 0 Å². The Morgan fingerprint density at radius 2 is 1.87 bits per heavy atom. The topological polar surface area (TPSA) is 98.7 Å². The van der Waals surface area contributed by atoms with Gasteiger partial charge in [0.15, 0.2) is 0 Å². The van der Waals surface area contributed by atoms with Gasteiger partial charge in [-0.2, -0.15) is 0 Å². The number of likely N-dealkylation sites (tertiary alicyclic amines) is 1. The molecule has 3 heterocycles. The number of carbonyl (C=O) groups is 3. The van der Waals surface area contributed by atoms with Gasteiger partial charge >= 0.3 is 0 Å². The van der Waals surface area contributed by atoms with Gasteiger partial charge in [0.1, 0.15) is 6.04 Å². The first kappa shape index (κ1) is 28.2. The first-order valence-electron chi connectivity index (χ1n) is 13.6. The molecular formula is C30H36BrN3O4S. The molecule has 0 radical (unpaired) electrons. The zero-order chi connectivity index (χ0) is 28.1. The van der Waals surface area contributed by atoms with Gasteiger partial charge in [-0.25, -0.2) is 0 Å². The van der Waals surface area contributed by atoms with Crippen LogP contribution in [-0.4, -0.2) is 61.2 Å². The van der Waals surface area contributed by atoms with Gasteiger partial charge in [0.05, 0.1) is 29.2 Å². The fourth-order valence-electron chi connectivity index (χ4n) is 6.66. The summed E-state index contributed by atoms with van der Waals surface area (Å²) in [6, 6.07) is 13.8. The summed E-state index contributed by atoms with van der Waals surface area (Å²) in [6.45, 7) is 7.68. The van der Waals surface area contributed by atoms with Crippen molar-refractivity contribution in [2.45, 2.75) is 67.4 Å². The van der Waals surface area contributed by atoms with Gasteiger partial charge in [-0.3, -0.25) is 14.4 Å². The lowest BCUT2D eigenvalue weighted by molar-refractivity contribution is -0.142. The average Bonchev–Trinajstić information content (AvgIpc) is 3.50. The zero-order valence-electron chi connectivity index (χ0n) is 22.7. The number of hydrogen-bond donors (Lipinski definition) is 3. The second kappa shape index (κ2) is 10.9. The van der Waals surface area contributed by atoms with Gasteiger partial charge < -0.3 is 20.6 Å². The van der Waals surface area contributed by atoms with Crippen molar-refractivity contribution in [3.8, 4) is 0 Å². The van der Waals surface area contributed by atoms with E-state index < -0.39 is 28.7 Å². The van der Waals surface area contributed by atoms with Crippen LogP contribution in [0.15, 0.2) is 48.5 Å². The smallest absolute Gasteiger partial charge is 0.248 e. The van der Waals surface area contributed by atoms with Crippen LogP contribution in [0.1, 0.15) is 37.8 Å². The minimum atomic E-state index is -0.814. The van der Waals surface area contributed by atoms with Crippen molar-refractivity contribution in [3.05, 3.63) is 59.7 Å². The minimum Gasteiger partial charge on any atom is -0.394 e. The summed E-state index contributed by atoms with van der Waals surface area (Å²) >= 11 is 5.41. The molecule has 39 heavy (non-hydrogen) atoms. The highest BCUT2D eigenvalue weighted by Gasteiger charge is 2.76. The molecule has 3 fully saturated rings. The first-order valence-corrected chi connectivity index (χ1v) is 15.4. The molecule has 8 atom stereocenters. The number of aliphatic hydroxyl groups is 1. The number of aliphatic hydroxyl groups excluding tert-OH is 1. The van der Waals surface area contributed by atoms with Crippen molar-refractivity contribution < 1.29 is 19.5 Å². The molecule has 2 aromatic carbocycles. The minimum absolute atomic E-state index is 0.0230. The van der Waals surface area contributed by atoms with Gasteiger partial charge in [0.25, 0.3) is 0 Å². The maximum absolute atomic E-state index is 14.4. The number of anilines is 2. The fourth-order valence-corrected chi connectivity index (χ4v) is 10.3. The van der Waals surface area contributed by atoms with Gasteiger partial charge in [-0.1, -0.05) is 66.5 Å². The highest BCUT2D eigenvalue weighted by molar-refractivity contribution is 9.09. The van der Waals surface area contributed by atoms with Gasteiger partial charge in [-0.15, -0.1) is 11.8 Å². The van der Waals surface area contributed by atoms with Gasteiger partial charge in [-0.05, 0) is 55.5 Å². The maximum atomic E-state index is 14.4. The summed E-state index contributed by atoms with van der Waals surface area (Å²) in [4.78, 5) is 44.0. The Balaban J connectivity index is 1.56. The van der Waals surface area contributed by atoms with Crippen molar-refractivity contribution in [3.63, 3.8) is 0 Å². The Morgan fingerprint density at radius 3 is 2.54 bits per heavy atom. The van der Waals surface area contributed by atoms with E-state index in [4.69, 9.17) is 0 Å². The van der Waals surface area contributed by atoms with Crippen molar-refractivity contribution in [1.82, 2.24) is 4.90 Å². The molecule has 3 aliphatic heterocycles. The SMILES string of the molecule is CC[C@H](C)[C@H](CO)N1C(=O)[C@@H]2[C@@H](C(=O)Nc3ccccc3)[C@@H]3SC2(CC3Br)C1C(=O)Nc1cc(C)ccc1C. The standard InChI is InChI=1S/C30H36BrN3O4S/c1-5-17(3)22(15-35)34-26(28(37)33-21-13-16(2)11-12-18(21)4)30-14-20(31)25(39-30)23(24(30)29(34)38)27(36)32-19-9-7-6-8-10-19/h6-13,17,20,22-26,35H,5,14-15H2,1-4H3,(H,32,36)(H,33,37)/t17-,20?,22-,23+,24-,25+,26?,30?/m0/s1. The third-order valence-electron chi connectivity index (χ3n) is 8.82. The van der Waals surface area contributed by atoms with Crippen LogP contribution in [0.4, 0.5) is 11.4 Å². The summed E-state index contributed by atoms with van der Waals surface area (Å²) < 4.78 is -0.780. The molecule has 2 aromatic rings. The Kier molecular flexibility index (Phi) is 7.87. The molecule has 7 nitrogen and oxygen atoms in total. The maximum Gasteiger partial charge on any atom is 0.248 e. The highest BCUT2D eigenvalue weighted by atomic mass is 79.9. The number of amides is 3. The molecule has 208 valence electrons. The molecule has 0 saturated carbocycles. The van der Waals surface area contributed by atoms with Crippen LogP contribution in [-0.2, 0) is 14.4 Å². The Labute approximate surface area is 242 Å². The van der Waals surface area contributed by atoms with Crippen LogP contribution in [0.5, 0.6) is 0 Å². The molecule has 0 aromatic heterocycles. The average molecular weight is 615 g/mol. The molecule has 9 heteroatoms. The van der Waals surface area contributed by atoms with E-state index in [0.717, 1.165) is 17.5 Å². The number of fused-ring (bicyclic) bond motifs is 1. The molecule has 5 rings (SSSR count). The van der Waals surface area contributed by atoms with E-state index >= 15 is 0 Å². The van der Waals surface area contributed by atoms with Crippen LogP contribution in [0, 0.1) is 31.6 Å². The van der Waals surface area contributed by atoms with Crippen LogP contribution in [0.25, 0.3) is 0 Å². The summed E-state index contributed by atoms with van der Waals surface area (Å²) in [6.07, 6.45) is 1.33. The van der Waals surface area contributed by atoms with E-state index in [2.05, 4.69) is 26.6 Å². The number of nitrogens with one attached hydrogen (secondary N) is 2. The normalized spacial score (nSPS) is 30.7. The van der Waals surface area contributed by atoms with Crippen LogP contribution >= 0.6 is 27.7 Å². The van der Waals surface area contributed by atoms with E-state index in [1.807, 2.05) is 76.2 Å². The molecule has 3 N–H and O–H groups in total. The lowest BCUT2D eigenvalue weighted by Gasteiger charge is -2.39. The monoisotopic (exact) mass is 613 g/mol. The molecular weight excluding hydrogens is 578 g/mol. The third-order valence-corrected chi connectivity index (χ3v) is 12.0. The molecule has 2 bridgehead atoms. The van der Waals surface area contributed by atoms with E-state index in [1.165, 1.54) is 0 Å². The lowest BCUT2D eigenvalue weighted by Crippen LogP contribution is -2.56. The Morgan fingerprint density at radius 1 is 1.15 bits per heavy atom.